The molecule has 0 aromatic carbocycles. The molecule has 1 aliphatic rings. The number of anilines is 1. The second kappa shape index (κ2) is 7.98. The lowest BCUT2D eigenvalue weighted by atomic mass is 9.85. The Balaban J connectivity index is 1.72. The van der Waals surface area contributed by atoms with Crippen LogP contribution in [0.4, 0.5) is 5.82 Å². The lowest BCUT2D eigenvalue weighted by molar-refractivity contribution is -0.127. The Labute approximate surface area is 130 Å². The monoisotopic (exact) mass is 308 g/mol. The van der Waals surface area contributed by atoms with E-state index >= 15 is 0 Å². The molecule has 21 heavy (non-hydrogen) atoms. The summed E-state index contributed by atoms with van der Waals surface area (Å²) in [5.41, 5.74) is 0.903. The van der Waals surface area contributed by atoms with Gasteiger partial charge in [-0.15, -0.1) is 0 Å². The molecular weight excluding hydrogens is 288 g/mol. The lowest BCUT2D eigenvalue weighted by Crippen LogP contribution is -2.35. The van der Waals surface area contributed by atoms with Crippen LogP contribution in [-0.2, 0) is 4.79 Å². The van der Waals surface area contributed by atoms with E-state index in [4.69, 9.17) is 11.6 Å². The molecule has 1 fully saturated rings. The Kier molecular flexibility index (Phi) is 5.99. The van der Waals surface area contributed by atoms with Crippen molar-refractivity contribution in [3.8, 4) is 0 Å². The molecule has 1 aromatic rings. The Morgan fingerprint density at radius 1 is 1.48 bits per heavy atom. The third kappa shape index (κ3) is 4.70. The van der Waals surface area contributed by atoms with Crippen molar-refractivity contribution in [3.05, 3.63) is 23.1 Å². The van der Waals surface area contributed by atoms with Crippen molar-refractivity contribution in [3.63, 3.8) is 0 Å². The molecule has 6 heteroatoms. The summed E-state index contributed by atoms with van der Waals surface area (Å²) in [7, 11) is 0. The van der Waals surface area contributed by atoms with Crippen LogP contribution in [0.5, 0.6) is 0 Å². The highest BCUT2D eigenvalue weighted by Gasteiger charge is 2.24. The fraction of sp³-hybridized carbons (Fsp3) is 0.533. The zero-order valence-corrected chi connectivity index (χ0v) is 13.0. The number of amides is 1. The van der Waals surface area contributed by atoms with E-state index in [0.717, 1.165) is 37.2 Å². The Hall–Kier alpha value is -1.62. The van der Waals surface area contributed by atoms with Gasteiger partial charge in [0.25, 0.3) is 0 Å². The van der Waals surface area contributed by atoms with E-state index in [9.17, 15) is 4.79 Å². The van der Waals surface area contributed by atoms with Gasteiger partial charge in [-0.25, -0.2) is 9.97 Å². The van der Waals surface area contributed by atoms with Crippen molar-refractivity contribution in [2.45, 2.75) is 32.6 Å². The largest absolute Gasteiger partial charge is 0.369 e. The van der Waals surface area contributed by atoms with Crippen molar-refractivity contribution >= 4 is 29.4 Å². The van der Waals surface area contributed by atoms with Gasteiger partial charge in [0.2, 0.25) is 11.2 Å². The molecular formula is C15H21ClN4O. The molecule has 1 amide bonds. The van der Waals surface area contributed by atoms with Crippen molar-refractivity contribution in [2.75, 3.05) is 18.4 Å². The number of hydrogen-bond donors (Lipinski definition) is 2. The molecule has 0 saturated heterocycles. The number of nitrogens with one attached hydrogen (secondary N) is 2. The van der Waals surface area contributed by atoms with E-state index in [0.29, 0.717) is 6.54 Å². The second-order valence-corrected chi connectivity index (χ2v) is 5.48. The first-order chi connectivity index (χ1) is 10.2. The van der Waals surface area contributed by atoms with Crippen LogP contribution in [0.25, 0.3) is 6.08 Å². The Morgan fingerprint density at radius 2 is 2.29 bits per heavy atom. The first kappa shape index (κ1) is 15.8. The Bertz CT molecular complexity index is 514. The quantitative estimate of drug-likeness (QED) is 0.600. The molecule has 0 atom stereocenters. The SMILES string of the molecule is C/C=C/c1cnc(Cl)nc1NCCCNC(=O)C1CCC1. The predicted molar refractivity (Wildman–Crippen MR) is 85.2 cm³/mol. The number of rotatable bonds is 7. The predicted octanol–water partition coefficient (Wildman–Crippen LogP) is 2.88. The van der Waals surface area contributed by atoms with Crippen LogP contribution in [0, 0.1) is 5.92 Å². The molecule has 0 radical (unpaired) electrons. The highest BCUT2D eigenvalue weighted by molar-refractivity contribution is 6.28. The first-order valence-corrected chi connectivity index (χ1v) is 7.75. The Morgan fingerprint density at radius 3 is 2.95 bits per heavy atom. The van der Waals surface area contributed by atoms with Crippen molar-refractivity contribution in [1.82, 2.24) is 15.3 Å². The second-order valence-electron chi connectivity index (χ2n) is 5.14. The average Bonchev–Trinajstić information content (AvgIpc) is 2.39. The minimum absolute atomic E-state index is 0.195. The molecule has 2 rings (SSSR count). The van der Waals surface area contributed by atoms with Crippen LogP contribution in [0.15, 0.2) is 12.3 Å². The van der Waals surface area contributed by atoms with Crippen molar-refractivity contribution < 1.29 is 4.79 Å². The summed E-state index contributed by atoms with van der Waals surface area (Å²) in [6, 6.07) is 0. The lowest BCUT2D eigenvalue weighted by Gasteiger charge is -2.24. The number of carbonyl (C=O) groups excluding carboxylic acids is 1. The summed E-state index contributed by atoms with van der Waals surface area (Å²) < 4.78 is 0. The average molecular weight is 309 g/mol. The van der Waals surface area contributed by atoms with E-state index in [1.807, 2.05) is 19.1 Å². The fourth-order valence-corrected chi connectivity index (χ4v) is 2.27. The minimum atomic E-state index is 0.195. The highest BCUT2D eigenvalue weighted by Crippen LogP contribution is 2.26. The van der Waals surface area contributed by atoms with E-state index in [1.165, 1.54) is 6.42 Å². The van der Waals surface area contributed by atoms with Crippen LogP contribution >= 0.6 is 11.6 Å². The number of hydrogen-bond acceptors (Lipinski definition) is 4. The van der Waals surface area contributed by atoms with E-state index in [2.05, 4.69) is 20.6 Å². The summed E-state index contributed by atoms with van der Waals surface area (Å²) in [4.78, 5) is 19.8. The summed E-state index contributed by atoms with van der Waals surface area (Å²) in [6.45, 7) is 3.34. The van der Waals surface area contributed by atoms with Gasteiger partial charge in [0.1, 0.15) is 5.82 Å². The van der Waals surface area contributed by atoms with Crippen molar-refractivity contribution in [1.29, 1.82) is 0 Å². The van der Waals surface area contributed by atoms with Crippen LogP contribution in [-0.4, -0.2) is 29.0 Å². The molecule has 1 aromatic heterocycles. The van der Waals surface area contributed by atoms with E-state index in [-0.39, 0.29) is 17.1 Å². The summed E-state index contributed by atoms with van der Waals surface area (Å²) in [6.07, 6.45) is 9.65. The van der Waals surface area contributed by atoms with Crippen molar-refractivity contribution in [2.24, 2.45) is 5.92 Å². The van der Waals surface area contributed by atoms with Gasteiger partial charge in [0.05, 0.1) is 0 Å². The summed E-state index contributed by atoms with van der Waals surface area (Å²) in [5, 5.41) is 6.43. The normalized spacial score (nSPS) is 15.0. The molecule has 5 nitrogen and oxygen atoms in total. The topological polar surface area (TPSA) is 66.9 Å². The van der Waals surface area contributed by atoms with E-state index in [1.54, 1.807) is 6.20 Å². The number of carbonyl (C=O) groups is 1. The highest BCUT2D eigenvalue weighted by atomic mass is 35.5. The van der Waals surface area contributed by atoms with Gasteiger partial charge in [-0.2, -0.15) is 0 Å². The molecule has 0 spiro atoms. The number of aromatic nitrogens is 2. The first-order valence-electron chi connectivity index (χ1n) is 7.37. The zero-order chi connectivity index (χ0) is 15.1. The summed E-state index contributed by atoms with van der Waals surface area (Å²) in [5.74, 6) is 1.17. The molecule has 114 valence electrons. The van der Waals surface area contributed by atoms with Gasteiger partial charge < -0.3 is 10.6 Å². The van der Waals surface area contributed by atoms with Gasteiger partial charge in [-0.3, -0.25) is 4.79 Å². The van der Waals surface area contributed by atoms with Crippen LogP contribution in [0.2, 0.25) is 5.28 Å². The molecule has 0 bridgehead atoms. The maximum absolute atomic E-state index is 11.7. The van der Waals surface area contributed by atoms with Gasteiger partial charge in [-0.1, -0.05) is 18.6 Å². The molecule has 1 heterocycles. The molecule has 1 aliphatic carbocycles. The van der Waals surface area contributed by atoms with E-state index < -0.39 is 0 Å². The zero-order valence-electron chi connectivity index (χ0n) is 12.2. The molecule has 0 aliphatic heterocycles. The van der Waals surface area contributed by atoms with Gasteiger partial charge in [0, 0.05) is 30.8 Å². The van der Waals surface area contributed by atoms with Crippen LogP contribution in [0.3, 0.4) is 0 Å². The van der Waals surface area contributed by atoms with Gasteiger partial charge in [0.15, 0.2) is 0 Å². The van der Waals surface area contributed by atoms with Gasteiger partial charge in [-0.05, 0) is 37.8 Å². The molecule has 2 N–H and O–H groups in total. The standard InChI is InChI=1S/C15H21ClN4O/c1-2-5-12-10-19-15(16)20-13(12)17-8-4-9-18-14(21)11-6-3-7-11/h2,5,10-11H,3-4,6-9H2,1H3,(H,18,21)(H,17,19,20)/b5-2+. The van der Waals surface area contributed by atoms with Crippen LogP contribution < -0.4 is 10.6 Å². The number of nitrogens with zero attached hydrogens (tertiary/aromatic N) is 2. The maximum Gasteiger partial charge on any atom is 0.224 e. The molecule has 0 unspecified atom stereocenters. The smallest absolute Gasteiger partial charge is 0.224 e. The number of halogens is 1. The third-order valence-electron chi connectivity index (χ3n) is 3.56. The summed E-state index contributed by atoms with van der Waals surface area (Å²) >= 11 is 5.81. The van der Waals surface area contributed by atoms with Crippen LogP contribution in [0.1, 0.15) is 38.2 Å². The minimum Gasteiger partial charge on any atom is -0.369 e. The third-order valence-corrected chi connectivity index (χ3v) is 3.74. The van der Waals surface area contributed by atoms with Gasteiger partial charge >= 0.3 is 0 Å². The fourth-order valence-electron chi connectivity index (χ4n) is 2.13. The number of allylic oxidation sites excluding steroid dienone is 1. The molecule has 1 saturated carbocycles. The maximum atomic E-state index is 11.7.